The number of hydrogen-bond donors (Lipinski definition) is 3. The van der Waals surface area contributed by atoms with Gasteiger partial charge in [0.05, 0.1) is 33.0 Å². The number of fused-ring (bicyclic) bond motifs is 1. The van der Waals surface area contributed by atoms with Crippen molar-refractivity contribution >= 4 is 17.7 Å². The Hall–Kier alpha value is -2.36. The summed E-state index contributed by atoms with van der Waals surface area (Å²) in [5.41, 5.74) is -0.455. The van der Waals surface area contributed by atoms with Gasteiger partial charge in [-0.25, -0.2) is 4.79 Å². The Labute approximate surface area is 213 Å². The summed E-state index contributed by atoms with van der Waals surface area (Å²) in [4.78, 5) is 27.7. The number of benzene rings is 1. The number of nitrogens with one attached hydrogen (secondary N) is 1. The van der Waals surface area contributed by atoms with Crippen LogP contribution in [0.2, 0.25) is 0 Å². The summed E-state index contributed by atoms with van der Waals surface area (Å²) in [5.74, 6) is 0.515. The molecule has 36 heavy (non-hydrogen) atoms. The monoisotopic (exact) mass is 504 g/mol. The van der Waals surface area contributed by atoms with Gasteiger partial charge in [-0.2, -0.15) is 0 Å². The largest absolute Gasteiger partial charge is 0.497 e. The molecule has 1 aliphatic heterocycles. The zero-order valence-corrected chi connectivity index (χ0v) is 21.6. The Bertz CT molecular complexity index is 919. The molecule has 1 aromatic rings. The molecule has 4 rings (SSSR count). The third kappa shape index (κ3) is 5.19. The van der Waals surface area contributed by atoms with Gasteiger partial charge in [0, 0.05) is 30.6 Å². The van der Waals surface area contributed by atoms with Gasteiger partial charge in [0.2, 0.25) is 5.91 Å². The van der Waals surface area contributed by atoms with Crippen LogP contribution in [0.1, 0.15) is 46.0 Å². The molecule has 2 saturated carbocycles. The molecule has 1 aromatic carbocycles. The van der Waals surface area contributed by atoms with Gasteiger partial charge in [0.25, 0.3) is 0 Å². The van der Waals surface area contributed by atoms with Crippen molar-refractivity contribution in [2.75, 3.05) is 45.3 Å². The van der Waals surface area contributed by atoms with Gasteiger partial charge in [0.1, 0.15) is 11.9 Å². The molecule has 3 N–H and O–H groups in total. The molecule has 6 atom stereocenters. The quantitative estimate of drug-likeness (QED) is 0.545. The molecule has 200 valence electrons. The lowest BCUT2D eigenvalue weighted by atomic mass is 9.46. The minimum absolute atomic E-state index is 0.00609. The van der Waals surface area contributed by atoms with Crippen LogP contribution in [0.3, 0.4) is 0 Å². The highest BCUT2D eigenvalue weighted by Gasteiger charge is 2.60. The van der Waals surface area contributed by atoms with E-state index in [2.05, 4.69) is 12.2 Å². The Morgan fingerprint density at radius 1 is 1.14 bits per heavy atom. The number of carbonyl (C=O) groups is 2. The maximum atomic E-state index is 13.1. The zero-order valence-electron chi connectivity index (χ0n) is 21.6. The normalized spacial score (nSPS) is 34.4. The number of rotatable bonds is 6. The van der Waals surface area contributed by atoms with Crippen LogP contribution in [0.5, 0.6) is 5.75 Å². The molecular formula is C27H40N2O7. The van der Waals surface area contributed by atoms with Crippen molar-refractivity contribution in [3.63, 3.8) is 0 Å². The lowest BCUT2D eigenvalue weighted by molar-refractivity contribution is -0.187. The van der Waals surface area contributed by atoms with E-state index in [1.54, 1.807) is 31.4 Å². The van der Waals surface area contributed by atoms with E-state index in [4.69, 9.17) is 14.2 Å². The van der Waals surface area contributed by atoms with E-state index >= 15 is 0 Å². The van der Waals surface area contributed by atoms with Crippen LogP contribution in [-0.2, 0) is 14.3 Å². The Balaban J connectivity index is 1.47. The van der Waals surface area contributed by atoms with E-state index in [0.29, 0.717) is 63.4 Å². The first kappa shape index (κ1) is 26.7. The van der Waals surface area contributed by atoms with Crippen LogP contribution in [0, 0.1) is 22.7 Å². The van der Waals surface area contributed by atoms with Gasteiger partial charge >= 0.3 is 6.09 Å². The number of carbonyl (C=O) groups excluding carboxylic acids is 2. The number of amides is 2. The summed E-state index contributed by atoms with van der Waals surface area (Å²) in [5, 5.41) is 24.4. The lowest BCUT2D eigenvalue weighted by Gasteiger charge is -2.60. The van der Waals surface area contributed by atoms with Crippen molar-refractivity contribution in [3.8, 4) is 5.75 Å². The van der Waals surface area contributed by atoms with E-state index in [1.807, 2.05) is 11.8 Å². The minimum atomic E-state index is -0.690. The number of anilines is 1. The van der Waals surface area contributed by atoms with E-state index < -0.39 is 23.7 Å². The van der Waals surface area contributed by atoms with Crippen LogP contribution >= 0.6 is 0 Å². The van der Waals surface area contributed by atoms with Crippen molar-refractivity contribution in [1.82, 2.24) is 4.90 Å². The van der Waals surface area contributed by atoms with Crippen LogP contribution < -0.4 is 10.1 Å². The molecule has 0 radical (unpaired) electrons. The fourth-order valence-corrected chi connectivity index (χ4v) is 6.86. The van der Waals surface area contributed by atoms with Crippen molar-refractivity contribution < 1.29 is 34.0 Å². The second kappa shape index (κ2) is 10.9. The molecule has 9 nitrogen and oxygen atoms in total. The van der Waals surface area contributed by atoms with Gasteiger partial charge in [-0.15, -0.1) is 0 Å². The summed E-state index contributed by atoms with van der Waals surface area (Å²) >= 11 is 0. The second-order valence-corrected chi connectivity index (χ2v) is 11.0. The third-order valence-corrected chi connectivity index (χ3v) is 9.02. The molecule has 3 aliphatic rings. The van der Waals surface area contributed by atoms with Gasteiger partial charge in [0.15, 0.2) is 0 Å². The minimum Gasteiger partial charge on any atom is -0.497 e. The fourth-order valence-electron chi connectivity index (χ4n) is 6.86. The molecule has 3 fully saturated rings. The van der Waals surface area contributed by atoms with E-state index in [1.165, 1.54) is 0 Å². The summed E-state index contributed by atoms with van der Waals surface area (Å²) in [7, 11) is 1.58. The number of nitrogens with zero attached hydrogens (tertiary/aromatic N) is 1. The maximum absolute atomic E-state index is 13.1. The zero-order chi connectivity index (χ0) is 25.9. The Morgan fingerprint density at radius 2 is 1.83 bits per heavy atom. The lowest BCUT2D eigenvalue weighted by Crippen LogP contribution is -2.61. The molecule has 1 saturated heterocycles. The van der Waals surface area contributed by atoms with Gasteiger partial charge in [-0.1, -0.05) is 13.8 Å². The maximum Gasteiger partial charge on any atom is 0.411 e. The predicted octanol–water partition coefficient (Wildman–Crippen LogP) is 3.05. The van der Waals surface area contributed by atoms with Crippen molar-refractivity contribution in [1.29, 1.82) is 0 Å². The van der Waals surface area contributed by atoms with E-state index in [-0.39, 0.29) is 36.2 Å². The molecule has 0 bridgehead atoms. The van der Waals surface area contributed by atoms with Crippen LogP contribution in [0.15, 0.2) is 24.3 Å². The molecule has 9 heteroatoms. The smallest absolute Gasteiger partial charge is 0.411 e. The van der Waals surface area contributed by atoms with E-state index in [9.17, 15) is 19.8 Å². The molecule has 1 heterocycles. The highest BCUT2D eigenvalue weighted by molar-refractivity contribution is 5.84. The van der Waals surface area contributed by atoms with E-state index in [0.717, 1.165) is 0 Å². The van der Waals surface area contributed by atoms with Crippen molar-refractivity contribution in [2.24, 2.45) is 22.7 Å². The SMILES string of the molecule is COc1ccc(NC(=O)O[C@@H]2CC[C@]3(C)[C@@H](CC[C@@H](O)[C@H]3CC(=O)N3CCOCC3)[C@]2(C)CO)cc1. The first-order valence-electron chi connectivity index (χ1n) is 13.0. The highest BCUT2D eigenvalue weighted by atomic mass is 16.6. The van der Waals surface area contributed by atoms with Gasteiger partial charge < -0.3 is 29.3 Å². The summed E-state index contributed by atoms with van der Waals surface area (Å²) in [6.07, 6.45) is 1.17. The van der Waals surface area contributed by atoms with Gasteiger partial charge in [-0.3, -0.25) is 10.1 Å². The summed E-state index contributed by atoms with van der Waals surface area (Å²) in [6.45, 7) is 6.20. The number of morpholine rings is 1. The van der Waals surface area contributed by atoms with Crippen molar-refractivity contribution in [3.05, 3.63) is 24.3 Å². The van der Waals surface area contributed by atoms with Crippen LogP contribution in [-0.4, -0.2) is 79.3 Å². The number of aliphatic hydroxyl groups excluding tert-OH is 2. The predicted molar refractivity (Wildman–Crippen MR) is 134 cm³/mol. The molecule has 0 unspecified atom stereocenters. The molecular weight excluding hydrogens is 464 g/mol. The van der Waals surface area contributed by atoms with Crippen LogP contribution in [0.25, 0.3) is 0 Å². The molecule has 0 aromatic heterocycles. The number of aliphatic hydroxyl groups is 2. The molecule has 0 spiro atoms. The average molecular weight is 505 g/mol. The first-order valence-corrected chi connectivity index (χ1v) is 13.0. The fraction of sp³-hybridized carbons (Fsp3) is 0.704. The number of ether oxygens (including phenoxy) is 3. The average Bonchev–Trinajstić information content (AvgIpc) is 2.89. The number of hydrogen-bond acceptors (Lipinski definition) is 7. The molecule has 2 amide bonds. The summed E-state index contributed by atoms with van der Waals surface area (Å²) < 4.78 is 16.4. The number of methoxy groups -OCH3 is 1. The Morgan fingerprint density at radius 3 is 2.47 bits per heavy atom. The Kier molecular flexibility index (Phi) is 8.12. The van der Waals surface area contributed by atoms with Gasteiger partial charge in [-0.05, 0) is 67.2 Å². The topological polar surface area (TPSA) is 118 Å². The first-order chi connectivity index (χ1) is 17.2. The standard InChI is InChI=1S/C27H40N2O7/c1-26-11-10-23(36-25(33)28-18-4-6-19(34-3)7-5-18)27(2,17-30)22(26)9-8-21(31)20(26)16-24(32)29-12-14-35-15-13-29/h4-7,20-23,30-31H,8-17H2,1-3H3,(H,28,33)/t20-,21-,22-,23-,26+,27+/m1/s1. The molecule has 2 aliphatic carbocycles. The summed E-state index contributed by atoms with van der Waals surface area (Å²) in [6, 6.07) is 6.99. The van der Waals surface area contributed by atoms with Crippen molar-refractivity contribution in [2.45, 2.75) is 58.2 Å². The second-order valence-electron chi connectivity index (χ2n) is 11.0. The third-order valence-electron chi connectivity index (χ3n) is 9.02. The van der Waals surface area contributed by atoms with Crippen LogP contribution in [0.4, 0.5) is 10.5 Å². The highest BCUT2D eigenvalue weighted by Crippen LogP contribution is 2.61.